The summed E-state index contributed by atoms with van der Waals surface area (Å²) < 4.78 is 0. The van der Waals surface area contributed by atoms with E-state index in [1.165, 1.54) is 11.9 Å². The van der Waals surface area contributed by atoms with Crippen molar-refractivity contribution in [3.63, 3.8) is 0 Å². The van der Waals surface area contributed by atoms with Crippen LogP contribution in [0.25, 0.3) is 0 Å². The van der Waals surface area contributed by atoms with Gasteiger partial charge in [0.1, 0.15) is 23.7 Å². The van der Waals surface area contributed by atoms with Crippen molar-refractivity contribution in [2.24, 2.45) is 5.73 Å². The van der Waals surface area contributed by atoms with Gasteiger partial charge in [0, 0.05) is 19.7 Å². The van der Waals surface area contributed by atoms with E-state index in [-0.39, 0.29) is 5.84 Å². The summed E-state index contributed by atoms with van der Waals surface area (Å²) in [5.41, 5.74) is 7.05. The van der Waals surface area contributed by atoms with Crippen molar-refractivity contribution in [1.82, 2.24) is 9.97 Å². The number of aromatic nitrogens is 2. The maximum absolute atomic E-state index is 7.36. The van der Waals surface area contributed by atoms with Crippen LogP contribution in [0.15, 0.2) is 42.7 Å². The Morgan fingerprint density at radius 2 is 2.00 bits per heavy atom. The van der Waals surface area contributed by atoms with Crippen LogP contribution in [0, 0.1) is 5.41 Å². The minimum atomic E-state index is -0.0493. The molecule has 0 aliphatic rings. The third-order valence-corrected chi connectivity index (χ3v) is 2.58. The first kappa shape index (κ1) is 12.0. The van der Waals surface area contributed by atoms with Gasteiger partial charge in [-0.2, -0.15) is 0 Å². The predicted molar refractivity (Wildman–Crippen MR) is 71.6 cm³/mol. The second kappa shape index (κ2) is 5.27. The summed E-state index contributed by atoms with van der Waals surface area (Å²) in [6, 6.07) is 11.8. The van der Waals surface area contributed by atoms with E-state index in [2.05, 4.69) is 22.1 Å². The van der Waals surface area contributed by atoms with Crippen LogP contribution >= 0.6 is 0 Å². The molecular weight excluding hydrogens is 226 g/mol. The average molecular weight is 241 g/mol. The summed E-state index contributed by atoms with van der Waals surface area (Å²) in [7, 11) is 1.94. The van der Waals surface area contributed by atoms with Gasteiger partial charge in [-0.05, 0) is 5.56 Å². The molecule has 5 heteroatoms. The Balaban J connectivity index is 2.16. The lowest BCUT2D eigenvalue weighted by Gasteiger charge is -2.18. The fourth-order valence-electron chi connectivity index (χ4n) is 1.64. The highest BCUT2D eigenvalue weighted by Gasteiger charge is 2.06. The molecular formula is C13H15N5. The number of nitrogens with one attached hydrogen (secondary N) is 1. The molecule has 1 aromatic heterocycles. The van der Waals surface area contributed by atoms with Crippen LogP contribution in [0.2, 0.25) is 0 Å². The number of amidine groups is 1. The minimum Gasteiger partial charge on any atom is -0.382 e. The molecule has 18 heavy (non-hydrogen) atoms. The topological polar surface area (TPSA) is 78.9 Å². The smallest absolute Gasteiger partial charge is 0.142 e. The van der Waals surface area contributed by atoms with Crippen LogP contribution in [-0.2, 0) is 6.54 Å². The summed E-state index contributed by atoms with van der Waals surface area (Å²) in [4.78, 5) is 10.1. The maximum Gasteiger partial charge on any atom is 0.142 e. The van der Waals surface area contributed by atoms with Crippen molar-refractivity contribution in [3.05, 3.63) is 54.0 Å². The van der Waals surface area contributed by atoms with E-state index in [0.717, 1.165) is 12.4 Å². The molecule has 0 saturated heterocycles. The Kier molecular flexibility index (Phi) is 3.52. The summed E-state index contributed by atoms with van der Waals surface area (Å²) in [6.07, 6.45) is 1.42. The molecule has 2 rings (SSSR count). The number of nitrogens with zero attached hydrogens (tertiary/aromatic N) is 3. The van der Waals surface area contributed by atoms with Gasteiger partial charge in [0.2, 0.25) is 0 Å². The number of anilines is 1. The molecule has 0 fully saturated rings. The first-order chi connectivity index (χ1) is 8.66. The minimum absolute atomic E-state index is 0.0493. The molecule has 5 nitrogen and oxygen atoms in total. The molecule has 0 atom stereocenters. The van der Waals surface area contributed by atoms with Crippen LogP contribution in [-0.4, -0.2) is 22.9 Å². The van der Waals surface area contributed by atoms with E-state index in [0.29, 0.717) is 5.69 Å². The van der Waals surface area contributed by atoms with E-state index >= 15 is 0 Å². The summed E-state index contributed by atoms with van der Waals surface area (Å²) in [5, 5.41) is 7.36. The number of rotatable bonds is 4. The van der Waals surface area contributed by atoms with Crippen molar-refractivity contribution < 1.29 is 0 Å². The Morgan fingerprint density at radius 3 is 2.67 bits per heavy atom. The maximum atomic E-state index is 7.36. The van der Waals surface area contributed by atoms with Gasteiger partial charge in [-0.25, -0.2) is 9.97 Å². The van der Waals surface area contributed by atoms with Crippen molar-refractivity contribution in [3.8, 4) is 0 Å². The fourth-order valence-corrected chi connectivity index (χ4v) is 1.64. The number of benzene rings is 1. The van der Waals surface area contributed by atoms with Gasteiger partial charge >= 0.3 is 0 Å². The van der Waals surface area contributed by atoms with Gasteiger partial charge in [0.25, 0.3) is 0 Å². The molecule has 3 N–H and O–H groups in total. The van der Waals surface area contributed by atoms with Crippen molar-refractivity contribution >= 4 is 11.7 Å². The molecule has 0 aliphatic carbocycles. The molecule has 0 aliphatic heterocycles. The molecule has 2 aromatic rings. The summed E-state index contributed by atoms with van der Waals surface area (Å²) >= 11 is 0. The second-order valence-electron chi connectivity index (χ2n) is 4.02. The summed E-state index contributed by atoms with van der Waals surface area (Å²) in [5.74, 6) is 0.700. The highest BCUT2D eigenvalue weighted by Crippen LogP contribution is 2.12. The van der Waals surface area contributed by atoms with E-state index in [4.69, 9.17) is 11.1 Å². The van der Waals surface area contributed by atoms with Gasteiger partial charge in [-0.1, -0.05) is 30.3 Å². The quantitative estimate of drug-likeness (QED) is 0.626. The molecule has 0 bridgehead atoms. The van der Waals surface area contributed by atoms with Crippen LogP contribution < -0.4 is 10.6 Å². The lowest BCUT2D eigenvalue weighted by atomic mass is 10.2. The number of hydrogen-bond donors (Lipinski definition) is 2. The summed E-state index contributed by atoms with van der Waals surface area (Å²) in [6.45, 7) is 0.745. The fraction of sp³-hybridized carbons (Fsp3) is 0.154. The number of nitrogens with two attached hydrogens (primary N) is 1. The predicted octanol–water partition coefficient (Wildman–Crippen LogP) is 1.40. The van der Waals surface area contributed by atoms with E-state index in [1.54, 1.807) is 6.07 Å². The van der Waals surface area contributed by atoms with Crippen molar-refractivity contribution in [1.29, 1.82) is 5.41 Å². The first-order valence-electron chi connectivity index (χ1n) is 5.58. The first-order valence-corrected chi connectivity index (χ1v) is 5.58. The lowest BCUT2D eigenvalue weighted by Crippen LogP contribution is -2.20. The average Bonchev–Trinajstić information content (AvgIpc) is 2.40. The highest BCUT2D eigenvalue weighted by atomic mass is 15.2. The normalized spacial score (nSPS) is 10.1. The molecule has 0 unspecified atom stereocenters. The van der Waals surface area contributed by atoms with Crippen molar-refractivity contribution in [2.75, 3.05) is 11.9 Å². The van der Waals surface area contributed by atoms with E-state index < -0.39 is 0 Å². The third-order valence-electron chi connectivity index (χ3n) is 2.58. The third kappa shape index (κ3) is 2.82. The standard InChI is InChI=1S/C13H15N5/c1-18(8-10-5-3-2-4-6-10)12-7-11(13(14)15)16-9-17-12/h2-7,9H,8H2,1H3,(H3,14,15). The SMILES string of the molecule is CN(Cc1ccccc1)c1cc(C(=N)N)ncn1. The van der Waals surface area contributed by atoms with E-state index in [9.17, 15) is 0 Å². The second-order valence-corrected chi connectivity index (χ2v) is 4.02. The van der Waals surface area contributed by atoms with Crippen LogP contribution in [0.4, 0.5) is 5.82 Å². The van der Waals surface area contributed by atoms with Gasteiger partial charge in [0.15, 0.2) is 0 Å². The number of hydrogen-bond acceptors (Lipinski definition) is 4. The van der Waals surface area contributed by atoms with Crippen LogP contribution in [0.3, 0.4) is 0 Å². The Hall–Kier alpha value is -2.43. The van der Waals surface area contributed by atoms with Crippen LogP contribution in [0.5, 0.6) is 0 Å². The number of nitrogen functional groups attached to an aromatic ring is 1. The molecule has 0 radical (unpaired) electrons. The lowest BCUT2D eigenvalue weighted by molar-refractivity contribution is 0.889. The van der Waals surface area contributed by atoms with E-state index in [1.807, 2.05) is 30.1 Å². The largest absolute Gasteiger partial charge is 0.382 e. The zero-order valence-electron chi connectivity index (χ0n) is 10.2. The van der Waals surface area contributed by atoms with Gasteiger partial charge < -0.3 is 10.6 Å². The molecule has 0 saturated carbocycles. The molecule has 92 valence electrons. The zero-order chi connectivity index (χ0) is 13.0. The van der Waals surface area contributed by atoms with Gasteiger partial charge in [-0.15, -0.1) is 0 Å². The zero-order valence-corrected chi connectivity index (χ0v) is 10.2. The molecule has 0 amide bonds. The van der Waals surface area contributed by atoms with Gasteiger partial charge in [0.05, 0.1) is 0 Å². The molecule has 0 spiro atoms. The molecule has 1 heterocycles. The highest BCUT2D eigenvalue weighted by molar-refractivity contribution is 5.93. The Labute approximate surface area is 106 Å². The van der Waals surface area contributed by atoms with Gasteiger partial charge in [-0.3, -0.25) is 5.41 Å². The molecule has 1 aromatic carbocycles. The Bertz CT molecular complexity index is 538. The monoisotopic (exact) mass is 241 g/mol. The van der Waals surface area contributed by atoms with Crippen LogP contribution in [0.1, 0.15) is 11.3 Å². The Morgan fingerprint density at radius 1 is 1.28 bits per heavy atom. The van der Waals surface area contributed by atoms with Crippen molar-refractivity contribution in [2.45, 2.75) is 6.54 Å².